The second-order valence-electron chi connectivity index (χ2n) is 5.34. The Labute approximate surface area is 126 Å². The standard InChI is InChI=1S/C9H15FO2.C7H13FO/c1-4-12-9(11)8(10)6-5-7(2)3;1-6(2)3-4-7(8)5-9/h6-7H,4-5H2,1-3H3;4,6,9H,3,5H2,1-2H3/b8-6+;7-4+. The van der Waals surface area contributed by atoms with Gasteiger partial charge < -0.3 is 9.84 Å². The predicted molar refractivity (Wildman–Crippen MR) is 81.0 cm³/mol. The van der Waals surface area contributed by atoms with E-state index in [9.17, 15) is 13.6 Å². The van der Waals surface area contributed by atoms with E-state index in [2.05, 4.69) is 4.74 Å². The van der Waals surface area contributed by atoms with Gasteiger partial charge in [-0.15, -0.1) is 0 Å². The van der Waals surface area contributed by atoms with Gasteiger partial charge in [0.2, 0.25) is 5.83 Å². The first-order chi connectivity index (χ1) is 9.74. The lowest BCUT2D eigenvalue weighted by molar-refractivity contribution is -0.140. The molecule has 0 heterocycles. The van der Waals surface area contributed by atoms with Crippen molar-refractivity contribution in [2.24, 2.45) is 11.8 Å². The van der Waals surface area contributed by atoms with E-state index in [1.165, 1.54) is 12.2 Å². The Morgan fingerprint density at radius 1 is 1.10 bits per heavy atom. The zero-order chi connectivity index (χ0) is 16.8. The van der Waals surface area contributed by atoms with Crippen LogP contribution >= 0.6 is 0 Å². The molecule has 0 bridgehead atoms. The maximum Gasteiger partial charge on any atom is 0.366 e. The highest BCUT2D eigenvalue weighted by Crippen LogP contribution is 2.07. The Kier molecular flexibility index (Phi) is 14.4. The topological polar surface area (TPSA) is 46.5 Å². The number of esters is 1. The summed E-state index contributed by atoms with van der Waals surface area (Å²) in [7, 11) is 0. The van der Waals surface area contributed by atoms with Crippen LogP contribution in [0.1, 0.15) is 47.5 Å². The molecule has 0 radical (unpaired) electrons. The molecule has 0 aliphatic heterocycles. The van der Waals surface area contributed by atoms with Crippen molar-refractivity contribution < 1.29 is 23.4 Å². The maximum atomic E-state index is 12.7. The van der Waals surface area contributed by atoms with Gasteiger partial charge in [-0.1, -0.05) is 33.8 Å². The minimum absolute atomic E-state index is 0.210. The first kappa shape index (κ1) is 22.1. The van der Waals surface area contributed by atoms with E-state index in [-0.39, 0.29) is 6.61 Å². The number of halogens is 2. The van der Waals surface area contributed by atoms with Crippen LogP contribution in [0, 0.1) is 11.8 Å². The molecule has 1 N–H and O–H groups in total. The molecule has 3 nitrogen and oxygen atoms in total. The fraction of sp³-hybridized carbons (Fsp3) is 0.688. The van der Waals surface area contributed by atoms with Gasteiger partial charge in [0, 0.05) is 0 Å². The summed E-state index contributed by atoms with van der Waals surface area (Å²) in [6.07, 6.45) is 3.95. The summed E-state index contributed by atoms with van der Waals surface area (Å²) in [5.41, 5.74) is 0. The number of allylic oxidation sites excluding steroid dienone is 2. The fourth-order valence-corrected chi connectivity index (χ4v) is 1.05. The van der Waals surface area contributed by atoms with E-state index >= 15 is 0 Å². The van der Waals surface area contributed by atoms with E-state index < -0.39 is 24.2 Å². The lowest BCUT2D eigenvalue weighted by Crippen LogP contribution is -2.04. The zero-order valence-corrected chi connectivity index (χ0v) is 13.7. The van der Waals surface area contributed by atoms with Gasteiger partial charge in [0.25, 0.3) is 0 Å². The summed E-state index contributed by atoms with van der Waals surface area (Å²) in [6.45, 7) is 9.30. The molecule has 0 atom stereocenters. The zero-order valence-electron chi connectivity index (χ0n) is 13.7. The van der Waals surface area contributed by atoms with E-state index in [4.69, 9.17) is 5.11 Å². The summed E-state index contributed by atoms with van der Waals surface area (Å²) in [5, 5.41) is 8.20. The molecule has 0 amide bonds. The highest BCUT2D eigenvalue weighted by molar-refractivity contribution is 5.85. The number of rotatable bonds is 7. The van der Waals surface area contributed by atoms with Crippen LogP contribution in [0.25, 0.3) is 0 Å². The number of hydrogen-bond acceptors (Lipinski definition) is 3. The van der Waals surface area contributed by atoms with Crippen LogP contribution in [0.3, 0.4) is 0 Å². The smallest absolute Gasteiger partial charge is 0.366 e. The number of aliphatic hydroxyl groups is 1. The van der Waals surface area contributed by atoms with E-state index in [1.807, 2.05) is 27.7 Å². The third-order valence-electron chi connectivity index (χ3n) is 2.20. The van der Waals surface area contributed by atoms with Crippen molar-refractivity contribution in [3.8, 4) is 0 Å². The molecule has 5 heteroatoms. The Hall–Kier alpha value is -1.23. The second-order valence-corrected chi connectivity index (χ2v) is 5.34. The Morgan fingerprint density at radius 3 is 1.95 bits per heavy atom. The summed E-state index contributed by atoms with van der Waals surface area (Å²) in [6, 6.07) is 0. The highest BCUT2D eigenvalue weighted by atomic mass is 19.1. The molecule has 0 aliphatic rings. The fourth-order valence-electron chi connectivity index (χ4n) is 1.05. The van der Waals surface area contributed by atoms with Crippen molar-refractivity contribution in [2.45, 2.75) is 47.5 Å². The van der Waals surface area contributed by atoms with Gasteiger partial charge in [0.15, 0.2) is 0 Å². The lowest BCUT2D eigenvalue weighted by atomic mass is 10.1. The largest absolute Gasteiger partial charge is 0.461 e. The second kappa shape index (κ2) is 13.7. The molecule has 0 spiro atoms. The van der Waals surface area contributed by atoms with Gasteiger partial charge in [-0.25, -0.2) is 9.18 Å². The molecule has 0 rings (SSSR count). The average molecular weight is 306 g/mol. The van der Waals surface area contributed by atoms with Crippen LogP contribution < -0.4 is 0 Å². The molecule has 0 aromatic carbocycles. The van der Waals surface area contributed by atoms with Crippen molar-refractivity contribution >= 4 is 5.97 Å². The first-order valence-electron chi connectivity index (χ1n) is 7.22. The summed E-state index contributed by atoms with van der Waals surface area (Å²) in [5.74, 6) is -1.26. The van der Waals surface area contributed by atoms with Crippen LogP contribution in [-0.2, 0) is 9.53 Å². The van der Waals surface area contributed by atoms with Gasteiger partial charge in [0.05, 0.1) is 13.2 Å². The van der Waals surface area contributed by atoms with Crippen molar-refractivity contribution in [2.75, 3.05) is 13.2 Å². The SMILES string of the molecule is CC(C)C/C=C(/F)CO.CCOC(=O)/C(F)=C\CC(C)C. The van der Waals surface area contributed by atoms with Crippen LogP contribution in [-0.4, -0.2) is 24.3 Å². The Balaban J connectivity index is 0. The van der Waals surface area contributed by atoms with Crippen molar-refractivity contribution in [1.29, 1.82) is 0 Å². The number of hydrogen-bond donors (Lipinski definition) is 1. The molecule has 0 saturated heterocycles. The number of carbonyl (C=O) groups is 1. The third kappa shape index (κ3) is 16.7. The van der Waals surface area contributed by atoms with Crippen molar-refractivity contribution in [3.05, 3.63) is 23.8 Å². The molecule has 0 unspecified atom stereocenters. The molecule has 21 heavy (non-hydrogen) atoms. The van der Waals surface area contributed by atoms with Gasteiger partial charge in [-0.2, -0.15) is 4.39 Å². The van der Waals surface area contributed by atoms with Crippen molar-refractivity contribution in [3.63, 3.8) is 0 Å². The maximum absolute atomic E-state index is 12.7. The summed E-state index contributed by atoms with van der Waals surface area (Å²) in [4.78, 5) is 10.7. The third-order valence-corrected chi connectivity index (χ3v) is 2.20. The molecule has 0 aliphatic carbocycles. The van der Waals surface area contributed by atoms with Gasteiger partial charge in [-0.05, 0) is 37.7 Å². The quantitative estimate of drug-likeness (QED) is 0.562. The number of aliphatic hydroxyl groups excluding tert-OH is 1. The molecule has 0 aromatic rings. The van der Waals surface area contributed by atoms with E-state index in [0.29, 0.717) is 24.7 Å². The minimum atomic E-state index is -0.863. The number of ether oxygens (including phenoxy) is 1. The monoisotopic (exact) mass is 306 g/mol. The number of carbonyl (C=O) groups excluding carboxylic acids is 1. The van der Waals surface area contributed by atoms with Crippen LogP contribution in [0.5, 0.6) is 0 Å². The van der Waals surface area contributed by atoms with Gasteiger partial charge in [-0.3, -0.25) is 0 Å². The molecule has 0 fully saturated rings. The molecule has 0 aromatic heterocycles. The van der Waals surface area contributed by atoms with E-state index in [0.717, 1.165) is 0 Å². The normalized spacial score (nSPS) is 12.3. The highest BCUT2D eigenvalue weighted by Gasteiger charge is 2.08. The first-order valence-corrected chi connectivity index (χ1v) is 7.22. The van der Waals surface area contributed by atoms with Crippen LogP contribution in [0.4, 0.5) is 8.78 Å². The lowest BCUT2D eigenvalue weighted by Gasteiger charge is -2.00. The van der Waals surface area contributed by atoms with Crippen LogP contribution in [0.15, 0.2) is 23.8 Å². The van der Waals surface area contributed by atoms with Gasteiger partial charge in [0.1, 0.15) is 5.83 Å². The van der Waals surface area contributed by atoms with Crippen LogP contribution in [0.2, 0.25) is 0 Å². The molecule has 0 saturated carbocycles. The van der Waals surface area contributed by atoms with Crippen molar-refractivity contribution in [1.82, 2.24) is 0 Å². The Morgan fingerprint density at radius 2 is 1.57 bits per heavy atom. The summed E-state index contributed by atoms with van der Waals surface area (Å²) < 4.78 is 29.3. The average Bonchev–Trinajstić information content (AvgIpc) is 2.42. The van der Waals surface area contributed by atoms with Gasteiger partial charge >= 0.3 is 5.97 Å². The Bertz CT molecular complexity index is 334. The minimum Gasteiger partial charge on any atom is -0.461 e. The predicted octanol–water partition coefficient (Wildman–Crippen LogP) is 4.33. The molecular weight excluding hydrogens is 278 g/mol. The summed E-state index contributed by atoms with van der Waals surface area (Å²) >= 11 is 0. The molecular formula is C16H28F2O3. The van der Waals surface area contributed by atoms with E-state index in [1.54, 1.807) is 6.92 Å². The molecule has 124 valence electrons.